The normalized spacial score (nSPS) is 14.2. The maximum atomic E-state index is 12.1. The van der Waals surface area contributed by atoms with Crippen LogP contribution >= 0.6 is 0 Å². The number of hydrogen-bond donors (Lipinski definition) is 1. The molecule has 0 fully saturated rings. The highest BCUT2D eigenvalue weighted by Gasteiger charge is 2.20. The van der Waals surface area contributed by atoms with Gasteiger partial charge in [-0.05, 0) is 39.2 Å². The van der Waals surface area contributed by atoms with E-state index in [0.717, 1.165) is 5.76 Å². The molecular formula is C14H20N4O2. The summed E-state index contributed by atoms with van der Waals surface area (Å²) in [4.78, 5) is 14.1. The van der Waals surface area contributed by atoms with Crippen molar-refractivity contribution in [2.75, 3.05) is 20.6 Å². The van der Waals surface area contributed by atoms with Gasteiger partial charge < -0.3 is 9.73 Å². The fraction of sp³-hybridized carbons (Fsp3) is 0.429. The lowest BCUT2D eigenvalue weighted by Crippen LogP contribution is -2.37. The third-order valence-corrected chi connectivity index (χ3v) is 3.27. The molecule has 0 aliphatic rings. The van der Waals surface area contributed by atoms with E-state index in [4.69, 9.17) is 4.42 Å². The molecule has 2 heterocycles. The highest BCUT2D eigenvalue weighted by atomic mass is 16.3. The van der Waals surface area contributed by atoms with Crippen LogP contribution in [0.2, 0.25) is 0 Å². The van der Waals surface area contributed by atoms with Crippen LogP contribution in [0.5, 0.6) is 0 Å². The predicted octanol–water partition coefficient (Wildman–Crippen LogP) is 1.46. The first-order valence-electron chi connectivity index (χ1n) is 6.56. The van der Waals surface area contributed by atoms with Crippen molar-refractivity contribution in [1.29, 1.82) is 0 Å². The molecule has 1 amide bonds. The Morgan fingerprint density at radius 3 is 2.85 bits per heavy atom. The van der Waals surface area contributed by atoms with E-state index in [1.54, 1.807) is 29.4 Å². The first-order valence-corrected chi connectivity index (χ1v) is 6.56. The molecule has 0 radical (unpaired) electrons. The highest BCUT2D eigenvalue weighted by molar-refractivity contribution is 5.79. The summed E-state index contributed by atoms with van der Waals surface area (Å²) >= 11 is 0. The maximum Gasteiger partial charge on any atom is 0.244 e. The number of aromatic nitrogens is 2. The van der Waals surface area contributed by atoms with Crippen LogP contribution in [0.1, 0.15) is 24.8 Å². The average molecular weight is 276 g/mol. The zero-order valence-corrected chi connectivity index (χ0v) is 12.0. The van der Waals surface area contributed by atoms with Gasteiger partial charge in [-0.25, -0.2) is 0 Å². The van der Waals surface area contributed by atoms with Crippen LogP contribution in [0.4, 0.5) is 0 Å². The topological polar surface area (TPSA) is 63.3 Å². The van der Waals surface area contributed by atoms with E-state index in [1.165, 1.54) is 0 Å². The van der Waals surface area contributed by atoms with Crippen LogP contribution in [-0.2, 0) is 4.79 Å². The van der Waals surface area contributed by atoms with Crippen LogP contribution in [-0.4, -0.2) is 41.2 Å². The second-order valence-electron chi connectivity index (χ2n) is 4.90. The Kier molecular flexibility index (Phi) is 4.57. The lowest BCUT2D eigenvalue weighted by molar-refractivity contribution is -0.124. The number of likely N-dealkylation sites (N-methyl/N-ethyl adjacent to an activating group) is 1. The SMILES string of the molecule is CC(C(=O)NCC(c1ccco1)N(C)C)n1cccn1. The molecule has 2 unspecified atom stereocenters. The van der Waals surface area contributed by atoms with Crippen molar-refractivity contribution in [3.63, 3.8) is 0 Å². The fourth-order valence-electron chi connectivity index (χ4n) is 1.99. The first-order chi connectivity index (χ1) is 9.59. The van der Waals surface area contributed by atoms with Crippen LogP contribution in [0, 0.1) is 0 Å². The molecule has 2 aromatic rings. The quantitative estimate of drug-likeness (QED) is 0.867. The molecule has 1 N–H and O–H groups in total. The number of carbonyl (C=O) groups is 1. The molecular weight excluding hydrogens is 256 g/mol. The summed E-state index contributed by atoms with van der Waals surface area (Å²) in [6.45, 7) is 2.31. The van der Waals surface area contributed by atoms with Crippen molar-refractivity contribution in [1.82, 2.24) is 20.0 Å². The molecule has 6 nitrogen and oxygen atoms in total. The van der Waals surface area contributed by atoms with Gasteiger partial charge in [0, 0.05) is 18.9 Å². The molecule has 0 aromatic carbocycles. The van der Waals surface area contributed by atoms with Gasteiger partial charge in [-0.3, -0.25) is 14.4 Å². The molecule has 0 bridgehead atoms. The lowest BCUT2D eigenvalue weighted by atomic mass is 10.2. The summed E-state index contributed by atoms with van der Waals surface area (Å²) < 4.78 is 7.04. The fourth-order valence-corrected chi connectivity index (χ4v) is 1.99. The van der Waals surface area contributed by atoms with Gasteiger partial charge in [0.2, 0.25) is 5.91 Å². The molecule has 0 saturated heterocycles. The zero-order chi connectivity index (χ0) is 14.5. The van der Waals surface area contributed by atoms with Crippen molar-refractivity contribution in [3.8, 4) is 0 Å². The summed E-state index contributed by atoms with van der Waals surface area (Å²) in [5.41, 5.74) is 0. The Labute approximate surface area is 118 Å². The average Bonchev–Trinajstić information content (AvgIpc) is 3.10. The van der Waals surface area contributed by atoms with Gasteiger partial charge in [0.25, 0.3) is 0 Å². The minimum absolute atomic E-state index is 0.0128. The van der Waals surface area contributed by atoms with E-state index in [-0.39, 0.29) is 18.0 Å². The molecule has 0 saturated carbocycles. The van der Waals surface area contributed by atoms with Crippen molar-refractivity contribution in [2.24, 2.45) is 0 Å². The molecule has 0 aliphatic heterocycles. The largest absolute Gasteiger partial charge is 0.468 e. The van der Waals surface area contributed by atoms with Gasteiger partial charge in [-0.1, -0.05) is 0 Å². The summed E-state index contributed by atoms with van der Waals surface area (Å²) in [5, 5.41) is 7.02. The van der Waals surface area contributed by atoms with Crippen molar-refractivity contribution in [3.05, 3.63) is 42.6 Å². The van der Waals surface area contributed by atoms with Crippen LogP contribution in [0.15, 0.2) is 41.3 Å². The van der Waals surface area contributed by atoms with Crippen molar-refractivity contribution in [2.45, 2.75) is 19.0 Å². The maximum absolute atomic E-state index is 12.1. The van der Waals surface area contributed by atoms with Gasteiger partial charge >= 0.3 is 0 Å². The van der Waals surface area contributed by atoms with E-state index in [0.29, 0.717) is 6.54 Å². The number of nitrogens with one attached hydrogen (secondary N) is 1. The molecule has 6 heteroatoms. The second kappa shape index (κ2) is 6.38. The number of furan rings is 1. The Balaban J connectivity index is 1.94. The van der Waals surface area contributed by atoms with Gasteiger partial charge in [0.05, 0.1) is 12.3 Å². The van der Waals surface area contributed by atoms with Gasteiger partial charge in [-0.15, -0.1) is 0 Å². The second-order valence-corrected chi connectivity index (χ2v) is 4.90. The number of carbonyl (C=O) groups excluding carboxylic acids is 1. The molecule has 0 spiro atoms. The van der Waals surface area contributed by atoms with Crippen LogP contribution < -0.4 is 5.32 Å². The summed E-state index contributed by atoms with van der Waals surface area (Å²) in [7, 11) is 3.91. The molecule has 2 aromatic heterocycles. The standard InChI is InChI=1S/C14H20N4O2/c1-11(18-8-5-7-16-18)14(19)15-10-12(17(2)3)13-6-4-9-20-13/h4-9,11-12H,10H2,1-3H3,(H,15,19). The van der Waals surface area contributed by atoms with E-state index >= 15 is 0 Å². The minimum Gasteiger partial charge on any atom is -0.468 e. The number of nitrogens with zero attached hydrogens (tertiary/aromatic N) is 3. The number of hydrogen-bond acceptors (Lipinski definition) is 4. The third kappa shape index (κ3) is 3.27. The first kappa shape index (κ1) is 14.3. The summed E-state index contributed by atoms with van der Waals surface area (Å²) in [6, 6.07) is 5.24. The smallest absolute Gasteiger partial charge is 0.244 e. The zero-order valence-electron chi connectivity index (χ0n) is 12.0. The molecule has 2 rings (SSSR count). The van der Waals surface area contributed by atoms with Crippen molar-refractivity contribution < 1.29 is 9.21 Å². The monoisotopic (exact) mass is 276 g/mol. The van der Waals surface area contributed by atoms with Gasteiger partial charge in [0.15, 0.2) is 0 Å². The summed E-state index contributed by atoms with van der Waals surface area (Å²) in [6.07, 6.45) is 5.08. The van der Waals surface area contributed by atoms with E-state index in [2.05, 4.69) is 10.4 Å². The van der Waals surface area contributed by atoms with E-state index < -0.39 is 0 Å². The molecule has 0 aliphatic carbocycles. The molecule has 20 heavy (non-hydrogen) atoms. The van der Waals surface area contributed by atoms with Crippen molar-refractivity contribution >= 4 is 5.91 Å². The Morgan fingerprint density at radius 1 is 1.50 bits per heavy atom. The Bertz CT molecular complexity index is 519. The number of amides is 1. The predicted molar refractivity (Wildman–Crippen MR) is 75.1 cm³/mol. The van der Waals surface area contributed by atoms with Gasteiger partial charge in [0.1, 0.15) is 11.8 Å². The summed E-state index contributed by atoms with van der Waals surface area (Å²) in [5.74, 6) is 0.772. The third-order valence-electron chi connectivity index (χ3n) is 3.27. The molecule has 108 valence electrons. The highest BCUT2D eigenvalue weighted by Crippen LogP contribution is 2.17. The Morgan fingerprint density at radius 2 is 2.30 bits per heavy atom. The van der Waals surface area contributed by atoms with E-state index in [1.807, 2.05) is 38.1 Å². The van der Waals surface area contributed by atoms with Crippen LogP contribution in [0.25, 0.3) is 0 Å². The van der Waals surface area contributed by atoms with Gasteiger partial charge in [-0.2, -0.15) is 5.10 Å². The van der Waals surface area contributed by atoms with Crippen LogP contribution in [0.3, 0.4) is 0 Å². The molecule has 2 atom stereocenters. The Hall–Kier alpha value is -2.08. The number of rotatable bonds is 6. The minimum atomic E-state index is -0.329. The lowest BCUT2D eigenvalue weighted by Gasteiger charge is -2.23. The van der Waals surface area contributed by atoms with E-state index in [9.17, 15) is 4.79 Å².